The first kappa shape index (κ1) is 20.1. The van der Waals surface area contributed by atoms with E-state index in [9.17, 15) is 0 Å². The van der Waals surface area contributed by atoms with Crippen molar-refractivity contribution < 1.29 is 0 Å². The number of H-pyrrole nitrogens is 1. The Bertz CT molecular complexity index is 1350. The van der Waals surface area contributed by atoms with E-state index in [1.54, 1.807) is 10.8 Å². The highest BCUT2D eigenvalue weighted by Crippen LogP contribution is 2.30. The van der Waals surface area contributed by atoms with Crippen LogP contribution in [-0.2, 0) is 6.54 Å². The van der Waals surface area contributed by atoms with Crippen molar-refractivity contribution in [3.8, 4) is 22.6 Å². The maximum absolute atomic E-state index is 4.99. The topological polar surface area (TPSA) is 75.0 Å². The van der Waals surface area contributed by atoms with Gasteiger partial charge in [0, 0.05) is 23.5 Å². The summed E-state index contributed by atoms with van der Waals surface area (Å²) in [5.74, 6) is 0.891. The first-order chi connectivity index (χ1) is 15.6. The van der Waals surface area contributed by atoms with Crippen LogP contribution < -0.4 is 0 Å². The second-order valence-electron chi connectivity index (χ2n) is 8.05. The average Bonchev–Trinajstić information content (AvgIpc) is 3.45. The largest absolute Gasteiger partial charge is 0.339 e. The van der Waals surface area contributed by atoms with Gasteiger partial charge in [-0.05, 0) is 50.7 Å². The maximum atomic E-state index is 4.99. The zero-order valence-corrected chi connectivity index (χ0v) is 18.4. The molecule has 0 bridgehead atoms. The summed E-state index contributed by atoms with van der Waals surface area (Å²) in [6.45, 7) is 4.89. The molecule has 0 aliphatic heterocycles. The first-order valence-electron chi connectivity index (χ1n) is 10.7. The minimum Gasteiger partial charge on any atom is -0.339 e. The van der Waals surface area contributed by atoms with Gasteiger partial charge in [-0.15, -0.1) is 0 Å². The molecule has 0 saturated carbocycles. The number of fused-ring (bicyclic) bond motifs is 1. The van der Waals surface area contributed by atoms with Gasteiger partial charge in [-0.1, -0.05) is 36.4 Å². The van der Waals surface area contributed by atoms with E-state index in [2.05, 4.69) is 58.2 Å². The van der Waals surface area contributed by atoms with E-state index in [0.717, 1.165) is 39.8 Å². The van der Waals surface area contributed by atoms with Crippen LogP contribution in [0, 0.1) is 6.92 Å². The molecule has 7 nitrogen and oxygen atoms in total. The molecule has 4 heterocycles. The van der Waals surface area contributed by atoms with Crippen molar-refractivity contribution in [3.05, 3.63) is 90.3 Å². The average molecular weight is 424 g/mol. The lowest BCUT2D eigenvalue weighted by molar-refractivity contribution is 0.247. The number of hydrogen-bond donors (Lipinski definition) is 1. The van der Waals surface area contributed by atoms with Crippen LogP contribution in [-0.4, -0.2) is 41.5 Å². The fraction of sp³-hybridized carbons (Fsp3) is 0.200. The van der Waals surface area contributed by atoms with Crippen molar-refractivity contribution in [2.75, 3.05) is 7.05 Å². The van der Waals surface area contributed by atoms with E-state index in [4.69, 9.17) is 9.97 Å². The number of nitrogens with zero attached hydrogens (tertiary/aromatic N) is 6. The van der Waals surface area contributed by atoms with Crippen LogP contribution in [0.1, 0.15) is 30.0 Å². The third-order valence-corrected chi connectivity index (χ3v) is 5.79. The summed E-state index contributed by atoms with van der Waals surface area (Å²) in [4.78, 5) is 19.8. The predicted octanol–water partition coefficient (Wildman–Crippen LogP) is 4.68. The Labute approximate surface area is 186 Å². The molecule has 0 aliphatic rings. The fourth-order valence-corrected chi connectivity index (χ4v) is 3.89. The molecular formula is C25H25N7. The normalized spacial score (nSPS) is 12.5. The first-order valence-corrected chi connectivity index (χ1v) is 10.7. The molecule has 160 valence electrons. The van der Waals surface area contributed by atoms with Gasteiger partial charge in [-0.2, -0.15) is 5.10 Å². The highest BCUT2D eigenvalue weighted by molar-refractivity contribution is 5.77. The molecule has 1 N–H and O–H groups in total. The van der Waals surface area contributed by atoms with E-state index in [1.165, 1.54) is 5.56 Å². The van der Waals surface area contributed by atoms with Crippen LogP contribution in [0.25, 0.3) is 28.3 Å². The van der Waals surface area contributed by atoms with Crippen molar-refractivity contribution in [3.63, 3.8) is 0 Å². The second kappa shape index (κ2) is 8.36. The lowest BCUT2D eigenvalue weighted by Gasteiger charge is -2.24. The van der Waals surface area contributed by atoms with Crippen molar-refractivity contribution in [1.82, 2.24) is 34.4 Å². The minimum absolute atomic E-state index is 0.261. The Morgan fingerprint density at radius 1 is 1.00 bits per heavy atom. The molecular weight excluding hydrogens is 398 g/mol. The summed E-state index contributed by atoms with van der Waals surface area (Å²) in [7, 11) is 2.12. The Morgan fingerprint density at radius 2 is 1.84 bits per heavy atom. The summed E-state index contributed by atoms with van der Waals surface area (Å²) < 4.78 is 1.76. The van der Waals surface area contributed by atoms with Crippen LogP contribution >= 0.6 is 0 Å². The zero-order chi connectivity index (χ0) is 22.1. The molecule has 0 fully saturated rings. The lowest BCUT2D eigenvalue weighted by atomic mass is 10.1. The number of aryl methyl sites for hydroxylation is 1. The summed E-state index contributed by atoms with van der Waals surface area (Å²) in [6.07, 6.45) is 3.51. The van der Waals surface area contributed by atoms with Gasteiger partial charge in [0.15, 0.2) is 5.65 Å². The number of nitrogens with one attached hydrogen (secondary N) is 1. The molecule has 7 heteroatoms. The standard InChI is InChI=1S/C25H25N7/c1-17-8-7-11-21(28-17)25-24(20-12-13-23-26-16-27-32(23)14-20)29-22(30-25)15-31(3)18(2)19-9-5-4-6-10-19/h4-14,16,18H,15H2,1-3H3,(H,29,30)/t18-/m0/s1. The highest BCUT2D eigenvalue weighted by Gasteiger charge is 2.19. The number of pyridine rings is 2. The van der Waals surface area contributed by atoms with Crippen molar-refractivity contribution >= 4 is 5.65 Å². The van der Waals surface area contributed by atoms with Gasteiger partial charge >= 0.3 is 0 Å². The zero-order valence-electron chi connectivity index (χ0n) is 18.4. The molecule has 0 amide bonds. The van der Waals surface area contributed by atoms with Crippen LogP contribution in [0.2, 0.25) is 0 Å². The number of hydrogen-bond acceptors (Lipinski definition) is 5. The molecule has 4 aromatic heterocycles. The van der Waals surface area contributed by atoms with Gasteiger partial charge in [-0.3, -0.25) is 9.88 Å². The number of aromatic amines is 1. The smallest absolute Gasteiger partial charge is 0.155 e. The summed E-state index contributed by atoms with van der Waals surface area (Å²) >= 11 is 0. The van der Waals surface area contributed by atoms with Gasteiger partial charge in [0.25, 0.3) is 0 Å². The van der Waals surface area contributed by atoms with E-state index < -0.39 is 0 Å². The quantitative estimate of drug-likeness (QED) is 0.429. The molecule has 1 atom stereocenters. The van der Waals surface area contributed by atoms with Crippen LogP contribution in [0.5, 0.6) is 0 Å². The number of benzene rings is 1. The van der Waals surface area contributed by atoms with Gasteiger partial charge in [0.05, 0.1) is 23.6 Å². The van der Waals surface area contributed by atoms with E-state index in [1.807, 2.05) is 49.5 Å². The molecule has 0 spiro atoms. The molecule has 0 radical (unpaired) electrons. The van der Waals surface area contributed by atoms with Crippen LogP contribution in [0.4, 0.5) is 0 Å². The third kappa shape index (κ3) is 3.90. The molecule has 0 saturated heterocycles. The van der Waals surface area contributed by atoms with Gasteiger partial charge < -0.3 is 4.98 Å². The number of imidazole rings is 1. The number of rotatable bonds is 6. The Hall–Kier alpha value is -3.84. The SMILES string of the molecule is Cc1cccc(-c2[nH]c(CN(C)[C@@H](C)c3ccccc3)nc2-c2ccc3ncnn3c2)n1. The maximum Gasteiger partial charge on any atom is 0.155 e. The van der Waals surface area contributed by atoms with E-state index in [0.29, 0.717) is 6.54 Å². The molecule has 32 heavy (non-hydrogen) atoms. The predicted molar refractivity (Wildman–Crippen MR) is 125 cm³/mol. The van der Waals surface area contributed by atoms with E-state index >= 15 is 0 Å². The minimum atomic E-state index is 0.261. The van der Waals surface area contributed by atoms with Crippen molar-refractivity contribution in [2.45, 2.75) is 26.4 Å². The third-order valence-electron chi connectivity index (χ3n) is 5.79. The second-order valence-corrected chi connectivity index (χ2v) is 8.05. The summed E-state index contributed by atoms with van der Waals surface area (Å²) in [6, 6.07) is 20.8. The number of aromatic nitrogens is 6. The fourth-order valence-electron chi connectivity index (χ4n) is 3.89. The Balaban J connectivity index is 1.53. The molecule has 5 rings (SSSR count). The van der Waals surface area contributed by atoms with Gasteiger partial charge in [0.2, 0.25) is 0 Å². The Morgan fingerprint density at radius 3 is 2.66 bits per heavy atom. The van der Waals surface area contributed by atoms with Crippen molar-refractivity contribution in [1.29, 1.82) is 0 Å². The summed E-state index contributed by atoms with van der Waals surface area (Å²) in [5.41, 5.74) is 6.64. The monoisotopic (exact) mass is 423 g/mol. The molecule has 1 aromatic carbocycles. The van der Waals surface area contributed by atoms with Gasteiger partial charge in [0.1, 0.15) is 12.2 Å². The lowest BCUT2D eigenvalue weighted by Crippen LogP contribution is -2.22. The molecule has 5 aromatic rings. The van der Waals surface area contributed by atoms with Crippen LogP contribution in [0.3, 0.4) is 0 Å². The molecule has 0 unspecified atom stereocenters. The van der Waals surface area contributed by atoms with Crippen LogP contribution in [0.15, 0.2) is 73.2 Å². The summed E-state index contributed by atoms with van der Waals surface area (Å²) in [5, 5.41) is 4.28. The van der Waals surface area contributed by atoms with Crippen molar-refractivity contribution in [2.24, 2.45) is 0 Å². The Kier molecular flexibility index (Phi) is 5.25. The van der Waals surface area contributed by atoms with E-state index in [-0.39, 0.29) is 6.04 Å². The molecule has 0 aliphatic carbocycles. The highest BCUT2D eigenvalue weighted by atomic mass is 15.3. The van der Waals surface area contributed by atoms with Gasteiger partial charge in [-0.25, -0.2) is 14.5 Å².